The molecule has 0 aliphatic heterocycles. The van der Waals surface area contributed by atoms with E-state index in [4.69, 9.17) is 0 Å². The predicted octanol–water partition coefficient (Wildman–Crippen LogP) is 3.63. The highest BCUT2D eigenvalue weighted by Crippen LogP contribution is 2.27. The van der Waals surface area contributed by atoms with Crippen LogP contribution in [0.2, 0.25) is 0 Å². The minimum atomic E-state index is -0.284. The van der Waals surface area contributed by atoms with E-state index in [1.807, 2.05) is 20.2 Å². The monoisotopic (exact) mass is 323 g/mol. The number of halogens is 2. The summed E-state index contributed by atoms with van der Waals surface area (Å²) in [6.45, 7) is 4.00. The third-order valence-electron chi connectivity index (χ3n) is 3.09. The number of nitrogens with zero attached hydrogens (tertiary/aromatic N) is 2. The van der Waals surface area contributed by atoms with Gasteiger partial charge >= 0.3 is 0 Å². The van der Waals surface area contributed by atoms with E-state index in [2.05, 4.69) is 38.1 Å². The van der Waals surface area contributed by atoms with Crippen LogP contribution in [0.3, 0.4) is 0 Å². The molecule has 0 aliphatic carbocycles. The SMILES string of the molecule is CNC(C)c1cnc(-c2ccc(F)cc2Br)nc1C. The van der Waals surface area contributed by atoms with Crippen molar-refractivity contribution in [3.05, 3.63) is 45.9 Å². The fraction of sp³-hybridized carbons (Fsp3) is 0.286. The summed E-state index contributed by atoms with van der Waals surface area (Å²) in [4.78, 5) is 8.87. The molecule has 2 aromatic rings. The summed E-state index contributed by atoms with van der Waals surface area (Å²) in [5.74, 6) is 0.309. The molecule has 3 nitrogen and oxygen atoms in total. The van der Waals surface area contributed by atoms with Crippen LogP contribution in [0.5, 0.6) is 0 Å². The average molecular weight is 324 g/mol. The van der Waals surface area contributed by atoms with Crippen LogP contribution in [0.25, 0.3) is 11.4 Å². The lowest BCUT2D eigenvalue weighted by atomic mass is 10.1. The lowest BCUT2D eigenvalue weighted by Crippen LogP contribution is -2.14. The van der Waals surface area contributed by atoms with Crippen molar-refractivity contribution >= 4 is 15.9 Å². The van der Waals surface area contributed by atoms with Crippen LogP contribution in [0, 0.1) is 12.7 Å². The van der Waals surface area contributed by atoms with Crippen molar-refractivity contribution in [3.8, 4) is 11.4 Å². The van der Waals surface area contributed by atoms with E-state index in [0.29, 0.717) is 10.3 Å². The summed E-state index contributed by atoms with van der Waals surface area (Å²) in [5.41, 5.74) is 2.76. The number of rotatable bonds is 3. The smallest absolute Gasteiger partial charge is 0.160 e. The van der Waals surface area contributed by atoms with E-state index in [9.17, 15) is 4.39 Å². The van der Waals surface area contributed by atoms with Gasteiger partial charge in [0.15, 0.2) is 5.82 Å². The average Bonchev–Trinajstić information content (AvgIpc) is 2.37. The summed E-state index contributed by atoms with van der Waals surface area (Å²) >= 11 is 3.34. The van der Waals surface area contributed by atoms with Gasteiger partial charge in [0, 0.05) is 33.5 Å². The molecule has 1 N–H and O–H groups in total. The fourth-order valence-electron chi connectivity index (χ4n) is 1.86. The van der Waals surface area contributed by atoms with Gasteiger partial charge in [0.2, 0.25) is 0 Å². The van der Waals surface area contributed by atoms with Gasteiger partial charge in [-0.25, -0.2) is 14.4 Å². The van der Waals surface area contributed by atoms with Crippen molar-refractivity contribution in [1.82, 2.24) is 15.3 Å². The molecule has 1 heterocycles. The van der Waals surface area contributed by atoms with E-state index >= 15 is 0 Å². The van der Waals surface area contributed by atoms with Crippen LogP contribution in [-0.4, -0.2) is 17.0 Å². The number of hydrogen-bond donors (Lipinski definition) is 1. The van der Waals surface area contributed by atoms with Gasteiger partial charge in [0.05, 0.1) is 0 Å². The van der Waals surface area contributed by atoms with Gasteiger partial charge in [-0.15, -0.1) is 0 Å². The highest BCUT2D eigenvalue weighted by atomic mass is 79.9. The van der Waals surface area contributed by atoms with E-state index < -0.39 is 0 Å². The molecule has 1 unspecified atom stereocenters. The molecule has 5 heteroatoms. The molecule has 19 heavy (non-hydrogen) atoms. The first-order valence-electron chi connectivity index (χ1n) is 5.99. The van der Waals surface area contributed by atoms with Crippen molar-refractivity contribution in [2.75, 3.05) is 7.05 Å². The van der Waals surface area contributed by atoms with Gasteiger partial charge in [0.25, 0.3) is 0 Å². The molecular weight excluding hydrogens is 309 g/mol. The lowest BCUT2D eigenvalue weighted by molar-refractivity contribution is 0.627. The van der Waals surface area contributed by atoms with Crippen LogP contribution < -0.4 is 5.32 Å². The number of aromatic nitrogens is 2. The number of nitrogens with one attached hydrogen (secondary N) is 1. The molecule has 1 aromatic carbocycles. The van der Waals surface area contributed by atoms with Crippen LogP contribution in [-0.2, 0) is 0 Å². The Bertz CT molecular complexity index is 601. The molecule has 0 spiro atoms. The molecule has 0 aliphatic rings. The Balaban J connectivity index is 2.44. The Morgan fingerprint density at radius 1 is 1.37 bits per heavy atom. The molecule has 2 rings (SSSR count). The molecule has 0 saturated heterocycles. The maximum absolute atomic E-state index is 13.1. The summed E-state index contributed by atoms with van der Waals surface area (Å²) in [6.07, 6.45) is 1.81. The molecular formula is C14H15BrFN3. The summed E-state index contributed by atoms with van der Waals surface area (Å²) in [6, 6.07) is 4.70. The zero-order valence-corrected chi connectivity index (χ0v) is 12.6. The maximum Gasteiger partial charge on any atom is 0.160 e. The largest absolute Gasteiger partial charge is 0.313 e. The van der Waals surface area contributed by atoms with Crippen molar-refractivity contribution in [2.24, 2.45) is 0 Å². The first kappa shape index (κ1) is 14.1. The van der Waals surface area contributed by atoms with Gasteiger partial charge in [-0.05, 0) is 55.0 Å². The van der Waals surface area contributed by atoms with Gasteiger partial charge < -0.3 is 5.32 Å². The Hall–Kier alpha value is -1.33. The molecule has 0 saturated carbocycles. The third-order valence-corrected chi connectivity index (χ3v) is 3.74. The number of aryl methyl sites for hydroxylation is 1. The third kappa shape index (κ3) is 2.98. The Morgan fingerprint density at radius 3 is 2.68 bits per heavy atom. The van der Waals surface area contributed by atoms with Crippen molar-refractivity contribution < 1.29 is 4.39 Å². The van der Waals surface area contributed by atoms with Gasteiger partial charge in [-0.1, -0.05) is 0 Å². The minimum Gasteiger partial charge on any atom is -0.313 e. The second-order valence-electron chi connectivity index (χ2n) is 4.37. The highest BCUT2D eigenvalue weighted by Gasteiger charge is 2.12. The summed E-state index contributed by atoms with van der Waals surface area (Å²) < 4.78 is 13.7. The van der Waals surface area contributed by atoms with Gasteiger partial charge in [-0.2, -0.15) is 0 Å². The predicted molar refractivity (Wildman–Crippen MR) is 77.3 cm³/mol. The minimum absolute atomic E-state index is 0.200. The van der Waals surface area contributed by atoms with Crippen molar-refractivity contribution in [2.45, 2.75) is 19.9 Å². The fourth-order valence-corrected chi connectivity index (χ4v) is 2.39. The van der Waals surface area contributed by atoms with E-state index in [-0.39, 0.29) is 11.9 Å². The normalized spacial score (nSPS) is 12.5. The topological polar surface area (TPSA) is 37.8 Å². The van der Waals surface area contributed by atoms with E-state index in [0.717, 1.165) is 16.8 Å². The van der Waals surface area contributed by atoms with Crippen LogP contribution in [0.4, 0.5) is 4.39 Å². The van der Waals surface area contributed by atoms with Crippen molar-refractivity contribution in [1.29, 1.82) is 0 Å². The molecule has 0 fully saturated rings. The van der Waals surface area contributed by atoms with Gasteiger partial charge in [0.1, 0.15) is 5.82 Å². The Labute approximate surface area is 120 Å². The Kier molecular flexibility index (Phi) is 4.27. The molecule has 0 amide bonds. The lowest BCUT2D eigenvalue weighted by Gasteiger charge is -2.13. The van der Waals surface area contributed by atoms with E-state index in [1.165, 1.54) is 12.1 Å². The number of hydrogen-bond acceptors (Lipinski definition) is 3. The van der Waals surface area contributed by atoms with Crippen LogP contribution in [0.15, 0.2) is 28.9 Å². The quantitative estimate of drug-likeness (QED) is 0.937. The second kappa shape index (κ2) is 5.75. The summed E-state index contributed by atoms with van der Waals surface area (Å²) in [5, 5.41) is 3.16. The highest BCUT2D eigenvalue weighted by molar-refractivity contribution is 9.10. The molecule has 0 radical (unpaired) electrons. The van der Waals surface area contributed by atoms with E-state index in [1.54, 1.807) is 6.07 Å². The zero-order chi connectivity index (χ0) is 14.0. The zero-order valence-electron chi connectivity index (χ0n) is 11.0. The number of benzene rings is 1. The first-order valence-corrected chi connectivity index (χ1v) is 6.78. The molecule has 1 atom stereocenters. The standard InChI is InChI=1S/C14H15BrFN3/c1-8(17-3)12-7-18-14(19-9(12)2)11-5-4-10(16)6-13(11)15/h4-8,17H,1-3H3. The van der Waals surface area contributed by atoms with Crippen molar-refractivity contribution in [3.63, 3.8) is 0 Å². The van der Waals surface area contributed by atoms with Crippen LogP contribution >= 0.6 is 15.9 Å². The molecule has 0 bridgehead atoms. The van der Waals surface area contributed by atoms with Crippen LogP contribution in [0.1, 0.15) is 24.2 Å². The second-order valence-corrected chi connectivity index (χ2v) is 5.22. The van der Waals surface area contributed by atoms with Gasteiger partial charge in [-0.3, -0.25) is 0 Å². The molecule has 1 aromatic heterocycles. The first-order chi connectivity index (χ1) is 9.02. The molecule has 100 valence electrons. The Morgan fingerprint density at radius 2 is 2.11 bits per heavy atom. The maximum atomic E-state index is 13.1. The summed E-state index contributed by atoms with van der Waals surface area (Å²) in [7, 11) is 1.90.